The molecule has 0 aromatic heterocycles. The van der Waals surface area contributed by atoms with E-state index in [0.29, 0.717) is 24.4 Å². The molecule has 0 saturated carbocycles. The Bertz CT molecular complexity index is 559. The normalized spacial score (nSPS) is 21.6. The Balaban J connectivity index is 1.70. The zero-order valence-electron chi connectivity index (χ0n) is 11.2. The van der Waals surface area contributed by atoms with Gasteiger partial charge in [-0.1, -0.05) is 17.7 Å². The molecular weight excluding hydrogens is 276 g/mol. The molecule has 3 rings (SSSR count). The van der Waals surface area contributed by atoms with Crippen LogP contribution in [0.25, 0.3) is 0 Å². The molecule has 2 aliphatic rings. The van der Waals surface area contributed by atoms with Crippen LogP contribution in [0.3, 0.4) is 0 Å². The summed E-state index contributed by atoms with van der Waals surface area (Å²) in [4.78, 5) is 25.6. The molecule has 106 valence electrons. The lowest BCUT2D eigenvalue weighted by atomic mass is 10.0. The van der Waals surface area contributed by atoms with Gasteiger partial charge in [0.05, 0.1) is 0 Å². The minimum Gasteiger partial charge on any atom is -0.353 e. The summed E-state index contributed by atoms with van der Waals surface area (Å²) in [7, 11) is 0. The molecule has 0 bridgehead atoms. The summed E-state index contributed by atoms with van der Waals surface area (Å²) >= 11 is 6.01. The van der Waals surface area contributed by atoms with Crippen LogP contribution in [0.5, 0.6) is 0 Å². The summed E-state index contributed by atoms with van der Waals surface area (Å²) in [5.41, 5.74) is 2.08. The molecule has 1 aromatic rings. The van der Waals surface area contributed by atoms with Gasteiger partial charge in [0, 0.05) is 36.1 Å². The van der Waals surface area contributed by atoms with E-state index in [-0.39, 0.29) is 17.9 Å². The number of carbonyl (C=O) groups is 2. The molecule has 1 fully saturated rings. The molecule has 4 nitrogen and oxygen atoms in total. The van der Waals surface area contributed by atoms with E-state index >= 15 is 0 Å². The van der Waals surface area contributed by atoms with Gasteiger partial charge in [0.2, 0.25) is 11.8 Å². The summed E-state index contributed by atoms with van der Waals surface area (Å²) < 4.78 is 0. The average Bonchev–Trinajstić information content (AvgIpc) is 2.81. The monoisotopic (exact) mass is 292 g/mol. The van der Waals surface area contributed by atoms with E-state index in [9.17, 15) is 9.59 Å². The number of anilines is 1. The van der Waals surface area contributed by atoms with Gasteiger partial charge in [-0.2, -0.15) is 0 Å². The lowest BCUT2D eigenvalue weighted by molar-refractivity contribution is -0.124. The fourth-order valence-electron chi connectivity index (χ4n) is 2.97. The maximum Gasteiger partial charge on any atom is 0.229 e. The summed E-state index contributed by atoms with van der Waals surface area (Å²) in [5, 5.41) is 3.54. The quantitative estimate of drug-likeness (QED) is 0.909. The predicted octanol–water partition coefficient (Wildman–Crippen LogP) is 2.29. The molecule has 1 aromatic carbocycles. The molecule has 20 heavy (non-hydrogen) atoms. The minimum atomic E-state index is -0.0213. The number of nitrogens with zero attached hydrogens (tertiary/aromatic N) is 1. The zero-order chi connectivity index (χ0) is 14.1. The summed E-state index contributed by atoms with van der Waals surface area (Å²) in [6.07, 6.45) is 3.57. The molecule has 0 spiro atoms. The van der Waals surface area contributed by atoms with Crippen LogP contribution in [-0.2, 0) is 16.0 Å². The fourth-order valence-corrected chi connectivity index (χ4v) is 3.13. The van der Waals surface area contributed by atoms with Gasteiger partial charge >= 0.3 is 0 Å². The van der Waals surface area contributed by atoms with Crippen molar-refractivity contribution in [2.75, 3.05) is 11.4 Å². The Labute approximate surface area is 123 Å². The van der Waals surface area contributed by atoms with Crippen molar-refractivity contribution in [3.05, 3.63) is 28.8 Å². The highest BCUT2D eigenvalue weighted by atomic mass is 35.5. The first-order chi connectivity index (χ1) is 9.63. The van der Waals surface area contributed by atoms with E-state index in [0.717, 1.165) is 30.5 Å². The zero-order valence-corrected chi connectivity index (χ0v) is 11.9. The maximum absolute atomic E-state index is 12.4. The van der Waals surface area contributed by atoms with Crippen LogP contribution in [0.4, 0.5) is 5.69 Å². The number of benzene rings is 1. The summed E-state index contributed by atoms with van der Waals surface area (Å²) in [6, 6.07) is 5.66. The first-order valence-electron chi connectivity index (χ1n) is 7.01. The van der Waals surface area contributed by atoms with Crippen LogP contribution in [0, 0.1) is 0 Å². The smallest absolute Gasteiger partial charge is 0.229 e. The van der Waals surface area contributed by atoms with Gasteiger partial charge < -0.3 is 10.2 Å². The Kier molecular flexibility index (Phi) is 3.66. The number of nitrogens with one attached hydrogen (secondary N) is 1. The molecule has 2 heterocycles. The SMILES string of the molecule is O=C1CCCC(CC(=O)N2CCc3ccc(Cl)cc32)N1. The first-order valence-corrected chi connectivity index (χ1v) is 7.39. The van der Waals surface area contributed by atoms with Crippen molar-refractivity contribution in [2.45, 2.75) is 38.1 Å². The van der Waals surface area contributed by atoms with Gasteiger partial charge in [0.25, 0.3) is 0 Å². The highest BCUT2D eigenvalue weighted by molar-refractivity contribution is 6.31. The molecule has 1 saturated heterocycles. The molecule has 5 heteroatoms. The molecule has 2 aliphatic heterocycles. The van der Waals surface area contributed by atoms with Gasteiger partial charge in [-0.25, -0.2) is 0 Å². The Hall–Kier alpha value is -1.55. The number of halogens is 1. The first kappa shape index (κ1) is 13.4. The number of hydrogen-bond acceptors (Lipinski definition) is 2. The molecule has 0 radical (unpaired) electrons. The maximum atomic E-state index is 12.4. The van der Waals surface area contributed by atoms with Crippen molar-refractivity contribution in [3.8, 4) is 0 Å². The molecule has 0 aliphatic carbocycles. The van der Waals surface area contributed by atoms with Gasteiger partial charge in [0.15, 0.2) is 0 Å². The lowest BCUT2D eigenvalue weighted by Crippen LogP contribution is -2.42. The number of carbonyl (C=O) groups excluding carboxylic acids is 2. The fraction of sp³-hybridized carbons (Fsp3) is 0.467. The lowest BCUT2D eigenvalue weighted by Gasteiger charge is -2.25. The van der Waals surface area contributed by atoms with Crippen LogP contribution < -0.4 is 10.2 Å². The van der Waals surface area contributed by atoms with E-state index in [1.54, 1.807) is 4.90 Å². The second-order valence-electron chi connectivity index (χ2n) is 5.43. The van der Waals surface area contributed by atoms with Crippen molar-refractivity contribution >= 4 is 29.1 Å². The van der Waals surface area contributed by atoms with Crippen LogP contribution in [-0.4, -0.2) is 24.4 Å². The van der Waals surface area contributed by atoms with Crippen LogP contribution in [0.2, 0.25) is 5.02 Å². The summed E-state index contributed by atoms with van der Waals surface area (Å²) in [6.45, 7) is 0.704. The number of piperidine rings is 1. The van der Waals surface area contributed by atoms with Crippen LogP contribution in [0.15, 0.2) is 18.2 Å². The van der Waals surface area contributed by atoms with Crippen molar-refractivity contribution < 1.29 is 9.59 Å². The third-order valence-corrected chi connectivity index (χ3v) is 4.22. The van der Waals surface area contributed by atoms with Gasteiger partial charge in [-0.05, 0) is 37.0 Å². The van der Waals surface area contributed by atoms with Crippen LogP contribution in [0.1, 0.15) is 31.2 Å². The van der Waals surface area contributed by atoms with Gasteiger partial charge in [0.1, 0.15) is 0 Å². The average molecular weight is 293 g/mol. The van der Waals surface area contributed by atoms with Gasteiger partial charge in [-0.15, -0.1) is 0 Å². The Morgan fingerprint density at radius 2 is 2.25 bits per heavy atom. The van der Waals surface area contributed by atoms with Crippen LogP contribution >= 0.6 is 11.6 Å². The molecule has 1 unspecified atom stereocenters. The number of fused-ring (bicyclic) bond motifs is 1. The van der Waals surface area contributed by atoms with E-state index in [4.69, 9.17) is 11.6 Å². The van der Waals surface area contributed by atoms with Crippen molar-refractivity contribution in [2.24, 2.45) is 0 Å². The highest BCUT2D eigenvalue weighted by Crippen LogP contribution is 2.31. The second kappa shape index (κ2) is 5.44. The van der Waals surface area contributed by atoms with Crippen molar-refractivity contribution in [1.29, 1.82) is 0 Å². The van der Waals surface area contributed by atoms with E-state index < -0.39 is 0 Å². The Morgan fingerprint density at radius 3 is 3.05 bits per heavy atom. The topological polar surface area (TPSA) is 49.4 Å². The third kappa shape index (κ3) is 2.66. The van der Waals surface area contributed by atoms with E-state index in [1.807, 2.05) is 18.2 Å². The van der Waals surface area contributed by atoms with Crippen molar-refractivity contribution in [1.82, 2.24) is 5.32 Å². The molecule has 2 amide bonds. The summed E-state index contributed by atoms with van der Waals surface area (Å²) in [5.74, 6) is 0.122. The van der Waals surface area contributed by atoms with E-state index in [2.05, 4.69) is 5.32 Å². The molecule has 1 atom stereocenters. The predicted molar refractivity (Wildman–Crippen MR) is 77.9 cm³/mol. The number of amides is 2. The van der Waals surface area contributed by atoms with Crippen molar-refractivity contribution in [3.63, 3.8) is 0 Å². The molecular formula is C15H17ClN2O2. The number of hydrogen-bond donors (Lipinski definition) is 1. The third-order valence-electron chi connectivity index (χ3n) is 3.99. The number of rotatable bonds is 2. The van der Waals surface area contributed by atoms with E-state index in [1.165, 1.54) is 0 Å². The minimum absolute atomic E-state index is 0.0213. The highest BCUT2D eigenvalue weighted by Gasteiger charge is 2.28. The standard InChI is InChI=1S/C15H17ClN2O2/c16-11-5-4-10-6-7-18(13(10)8-11)15(20)9-12-2-1-3-14(19)17-12/h4-5,8,12H,1-3,6-7,9H2,(H,17,19). The molecule has 1 N–H and O–H groups in total. The second-order valence-corrected chi connectivity index (χ2v) is 5.87. The largest absolute Gasteiger partial charge is 0.353 e. The Morgan fingerprint density at radius 1 is 1.40 bits per heavy atom. The van der Waals surface area contributed by atoms with Gasteiger partial charge in [-0.3, -0.25) is 9.59 Å².